The van der Waals surface area contributed by atoms with Crippen molar-refractivity contribution < 1.29 is 24.3 Å². The van der Waals surface area contributed by atoms with Crippen LogP contribution in [0.15, 0.2) is 0 Å². The van der Waals surface area contributed by atoms with E-state index in [4.69, 9.17) is 10.8 Å². The second-order valence-electron chi connectivity index (χ2n) is 5.50. The van der Waals surface area contributed by atoms with Crippen LogP contribution in [0.1, 0.15) is 20.3 Å². The van der Waals surface area contributed by atoms with Crippen molar-refractivity contribution in [2.75, 3.05) is 25.1 Å². The summed E-state index contributed by atoms with van der Waals surface area (Å²) >= 11 is 1.47. The van der Waals surface area contributed by atoms with E-state index in [0.717, 1.165) is 0 Å². The molecule has 0 bridgehead atoms. The number of nitrogens with two attached hydrogens (primary N) is 1. The molecule has 10 heteroatoms. The smallest absolute Gasteiger partial charge is 0.326 e. The molecule has 0 spiro atoms. The zero-order valence-corrected chi connectivity index (χ0v) is 14.9. The summed E-state index contributed by atoms with van der Waals surface area (Å²) < 4.78 is 0. The summed E-state index contributed by atoms with van der Waals surface area (Å²) in [6.45, 7) is 2.89. The lowest BCUT2D eigenvalue weighted by atomic mass is 10.1. The van der Waals surface area contributed by atoms with Crippen LogP contribution in [0, 0.1) is 5.92 Å². The fourth-order valence-corrected chi connectivity index (χ4v) is 2.04. The minimum Gasteiger partial charge on any atom is -0.480 e. The van der Waals surface area contributed by atoms with Crippen molar-refractivity contribution in [3.8, 4) is 0 Å². The first-order chi connectivity index (χ1) is 11.2. The maximum Gasteiger partial charge on any atom is 0.326 e. The molecule has 0 aromatic carbocycles. The van der Waals surface area contributed by atoms with Gasteiger partial charge in [0.25, 0.3) is 0 Å². The Labute approximate surface area is 145 Å². The van der Waals surface area contributed by atoms with Crippen LogP contribution >= 0.6 is 11.8 Å². The SMILES string of the molecule is CSCCC(NC(=O)CNC(=O)CNC(=O)C(N)C(C)C)C(=O)O. The monoisotopic (exact) mass is 362 g/mol. The van der Waals surface area contributed by atoms with E-state index in [1.165, 1.54) is 11.8 Å². The molecule has 0 rings (SSSR count). The maximum atomic E-state index is 11.7. The van der Waals surface area contributed by atoms with Crippen LogP contribution in [0.5, 0.6) is 0 Å². The number of carbonyl (C=O) groups excluding carboxylic acids is 3. The molecule has 3 amide bonds. The van der Waals surface area contributed by atoms with Crippen LogP contribution in [-0.2, 0) is 19.2 Å². The fourth-order valence-electron chi connectivity index (χ4n) is 1.57. The van der Waals surface area contributed by atoms with Gasteiger partial charge in [-0.25, -0.2) is 4.79 Å². The highest BCUT2D eigenvalue weighted by molar-refractivity contribution is 7.98. The molecule has 2 atom stereocenters. The average Bonchev–Trinajstić information content (AvgIpc) is 2.53. The lowest BCUT2D eigenvalue weighted by molar-refractivity contribution is -0.141. The molecule has 0 aliphatic heterocycles. The standard InChI is InChI=1S/C14H26N4O5S/c1-8(2)12(15)13(21)17-6-10(19)16-7-11(20)18-9(14(22)23)4-5-24-3/h8-9,12H,4-7,15H2,1-3H3,(H,16,19)(H,17,21)(H,18,20)(H,22,23). The third kappa shape index (κ3) is 9.36. The summed E-state index contributed by atoms with van der Waals surface area (Å²) in [5.74, 6) is -2.22. The highest BCUT2D eigenvalue weighted by Gasteiger charge is 2.20. The quantitative estimate of drug-likeness (QED) is 0.301. The Morgan fingerprint density at radius 3 is 2.17 bits per heavy atom. The van der Waals surface area contributed by atoms with Gasteiger partial charge in [0, 0.05) is 0 Å². The number of carboxylic acid groups (broad SMARTS) is 1. The summed E-state index contributed by atoms with van der Waals surface area (Å²) in [5.41, 5.74) is 5.63. The molecule has 0 radical (unpaired) electrons. The second kappa shape index (κ2) is 11.7. The van der Waals surface area contributed by atoms with Crippen LogP contribution in [0.4, 0.5) is 0 Å². The molecule has 0 aromatic heterocycles. The first kappa shape index (κ1) is 22.2. The van der Waals surface area contributed by atoms with Crippen LogP contribution in [0.2, 0.25) is 0 Å². The molecule has 0 saturated carbocycles. The van der Waals surface area contributed by atoms with Crippen LogP contribution in [0.25, 0.3) is 0 Å². The largest absolute Gasteiger partial charge is 0.480 e. The molecule has 0 fully saturated rings. The molecule has 6 N–H and O–H groups in total. The average molecular weight is 362 g/mol. The van der Waals surface area contributed by atoms with E-state index in [2.05, 4.69) is 16.0 Å². The number of hydrogen-bond acceptors (Lipinski definition) is 6. The Hall–Kier alpha value is -1.81. The first-order valence-corrected chi connectivity index (χ1v) is 8.89. The highest BCUT2D eigenvalue weighted by atomic mass is 32.2. The van der Waals surface area contributed by atoms with E-state index in [9.17, 15) is 19.2 Å². The van der Waals surface area contributed by atoms with Crippen molar-refractivity contribution in [3.63, 3.8) is 0 Å². The summed E-state index contributed by atoms with van der Waals surface area (Å²) in [7, 11) is 0. The van der Waals surface area contributed by atoms with Crippen molar-refractivity contribution in [1.82, 2.24) is 16.0 Å². The first-order valence-electron chi connectivity index (χ1n) is 7.50. The molecular formula is C14H26N4O5S. The Morgan fingerprint density at radius 2 is 1.67 bits per heavy atom. The number of aliphatic carboxylic acids is 1. The summed E-state index contributed by atoms with van der Waals surface area (Å²) in [6, 6.07) is -1.71. The normalized spacial score (nSPS) is 13.0. The molecule has 0 aromatic rings. The van der Waals surface area contributed by atoms with Crippen molar-refractivity contribution in [2.45, 2.75) is 32.4 Å². The molecule has 0 aliphatic carbocycles. The molecule has 0 heterocycles. The Balaban J connectivity index is 4.14. The minimum atomic E-state index is -1.13. The van der Waals surface area contributed by atoms with Gasteiger partial charge in [-0.2, -0.15) is 11.8 Å². The van der Waals surface area contributed by atoms with Gasteiger partial charge in [0.2, 0.25) is 17.7 Å². The Bertz CT molecular complexity index is 458. The van der Waals surface area contributed by atoms with Gasteiger partial charge in [0.1, 0.15) is 6.04 Å². The van der Waals surface area contributed by atoms with E-state index in [0.29, 0.717) is 12.2 Å². The number of carboxylic acids is 1. The van der Waals surface area contributed by atoms with E-state index >= 15 is 0 Å². The molecule has 138 valence electrons. The van der Waals surface area contributed by atoms with Gasteiger partial charge in [-0.05, 0) is 24.3 Å². The van der Waals surface area contributed by atoms with Crippen molar-refractivity contribution in [1.29, 1.82) is 0 Å². The van der Waals surface area contributed by atoms with Gasteiger partial charge in [-0.15, -0.1) is 0 Å². The van der Waals surface area contributed by atoms with Gasteiger partial charge in [-0.1, -0.05) is 13.8 Å². The van der Waals surface area contributed by atoms with Gasteiger partial charge in [0.15, 0.2) is 0 Å². The van der Waals surface area contributed by atoms with Gasteiger partial charge in [0.05, 0.1) is 19.1 Å². The Kier molecular flexibility index (Phi) is 10.8. The third-order valence-electron chi connectivity index (χ3n) is 3.13. The highest BCUT2D eigenvalue weighted by Crippen LogP contribution is 2.00. The molecular weight excluding hydrogens is 336 g/mol. The predicted octanol–water partition coefficient (Wildman–Crippen LogP) is -1.48. The number of carbonyl (C=O) groups is 4. The summed E-state index contributed by atoms with van der Waals surface area (Å²) in [6.07, 6.45) is 2.12. The number of thioether (sulfide) groups is 1. The van der Waals surface area contributed by atoms with Crippen molar-refractivity contribution in [3.05, 3.63) is 0 Å². The van der Waals surface area contributed by atoms with E-state index in [-0.39, 0.29) is 19.0 Å². The molecule has 9 nitrogen and oxygen atoms in total. The summed E-state index contributed by atoms with van der Waals surface area (Å²) in [5, 5.41) is 16.0. The number of rotatable bonds is 11. The molecule has 2 unspecified atom stereocenters. The minimum absolute atomic E-state index is 0.0620. The molecule has 24 heavy (non-hydrogen) atoms. The fraction of sp³-hybridized carbons (Fsp3) is 0.714. The maximum absolute atomic E-state index is 11.7. The summed E-state index contributed by atoms with van der Waals surface area (Å²) in [4.78, 5) is 45.8. The van der Waals surface area contributed by atoms with E-state index in [1.54, 1.807) is 13.8 Å². The van der Waals surface area contributed by atoms with Crippen molar-refractivity contribution >= 4 is 35.5 Å². The predicted molar refractivity (Wildman–Crippen MR) is 91.4 cm³/mol. The Morgan fingerprint density at radius 1 is 1.08 bits per heavy atom. The zero-order chi connectivity index (χ0) is 18.7. The number of nitrogens with one attached hydrogen (secondary N) is 3. The van der Waals surface area contributed by atoms with Gasteiger partial charge in [-0.3, -0.25) is 14.4 Å². The zero-order valence-electron chi connectivity index (χ0n) is 14.1. The molecule has 0 aliphatic rings. The van der Waals surface area contributed by atoms with E-state index in [1.807, 2.05) is 6.26 Å². The third-order valence-corrected chi connectivity index (χ3v) is 3.78. The molecule has 0 saturated heterocycles. The number of hydrogen-bond donors (Lipinski definition) is 5. The van der Waals surface area contributed by atoms with Gasteiger partial charge >= 0.3 is 5.97 Å². The van der Waals surface area contributed by atoms with Crippen LogP contribution in [-0.4, -0.2) is 66.0 Å². The topological polar surface area (TPSA) is 151 Å². The van der Waals surface area contributed by atoms with Gasteiger partial charge < -0.3 is 26.8 Å². The van der Waals surface area contributed by atoms with Crippen LogP contribution in [0.3, 0.4) is 0 Å². The van der Waals surface area contributed by atoms with Crippen molar-refractivity contribution in [2.24, 2.45) is 11.7 Å². The van der Waals surface area contributed by atoms with Crippen LogP contribution < -0.4 is 21.7 Å². The second-order valence-corrected chi connectivity index (χ2v) is 6.49. The lowest BCUT2D eigenvalue weighted by Gasteiger charge is -2.16. The number of amides is 3. The van der Waals surface area contributed by atoms with E-state index < -0.39 is 35.8 Å². The lowest BCUT2D eigenvalue weighted by Crippen LogP contribution is -2.49.